The minimum atomic E-state index is -0.874. The molecule has 58 heavy (non-hydrogen) atoms. The van der Waals surface area contributed by atoms with E-state index < -0.39 is 18.1 Å². The van der Waals surface area contributed by atoms with Gasteiger partial charge in [0.25, 0.3) is 0 Å². The lowest BCUT2D eigenvalue weighted by molar-refractivity contribution is -0.887. The summed E-state index contributed by atoms with van der Waals surface area (Å²) < 4.78 is 17.3. The molecule has 0 rings (SSSR count). The normalized spacial score (nSPS) is 13.1. The molecule has 2 unspecified atom stereocenters. The Balaban J connectivity index is 4.26. The standard InChI is InChI=1S/C50H93NO7/c1-6-8-10-12-14-16-18-20-22-23-24-25-27-29-31-33-35-37-39-41-49(53)58-46(44-56-43-42-47(50(54)55)51(3,4)5)45-57-48(52)40-38-36-34-32-30-28-26-21-19-17-15-13-11-9-7-2/h15,17,19,21,46-47H,6-14,16,18,20,22-45H2,1-5H3/p+1/b17-15+,21-19+. The van der Waals surface area contributed by atoms with Crippen LogP contribution in [0.25, 0.3) is 0 Å². The maximum atomic E-state index is 12.8. The van der Waals surface area contributed by atoms with E-state index >= 15 is 0 Å². The van der Waals surface area contributed by atoms with E-state index in [0.717, 1.165) is 44.9 Å². The van der Waals surface area contributed by atoms with Crippen LogP contribution in [0.5, 0.6) is 0 Å². The second-order valence-electron chi connectivity index (χ2n) is 17.8. The second-order valence-corrected chi connectivity index (χ2v) is 17.8. The van der Waals surface area contributed by atoms with Crippen molar-refractivity contribution >= 4 is 17.9 Å². The number of ether oxygens (including phenoxy) is 3. The van der Waals surface area contributed by atoms with Crippen LogP contribution < -0.4 is 0 Å². The molecule has 0 heterocycles. The fourth-order valence-corrected chi connectivity index (χ4v) is 7.32. The molecule has 1 N–H and O–H groups in total. The van der Waals surface area contributed by atoms with Gasteiger partial charge in [-0.3, -0.25) is 9.59 Å². The van der Waals surface area contributed by atoms with Crippen molar-refractivity contribution in [3.8, 4) is 0 Å². The van der Waals surface area contributed by atoms with E-state index in [1.54, 1.807) is 0 Å². The van der Waals surface area contributed by atoms with Gasteiger partial charge in [0, 0.05) is 19.3 Å². The number of carboxylic acids is 1. The van der Waals surface area contributed by atoms with Crippen LogP contribution in [0, 0.1) is 0 Å². The number of allylic oxidation sites excluding steroid dienone is 4. The number of nitrogens with zero attached hydrogens (tertiary/aromatic N) is 1. The van der Waals surface area contributed by atoms with E-state index in [4.69, 9.17) is 14.2 Å². The minimum Gasteiger partial charge on any atom is -0.477 e. The van der Waals surface area contributed by atoms with Gasteiger partial charge < -0.3 is 23.8 Å². The molecule has 0 bridgehead atoms. The van der Waals surface area contributed by atoms with Crippen LogP contribution in [0.4, 0.5) is 0 Å². The Hall–Kier alpha value is -2.19. The van der Waals surface area contributed by atoms with Gasteiger partial charge in [0.15, 0.2) is 12.1 Å². The van der Waals surface area contributed by atoms with Crippen molar-refractivity contribution < 1.29 is 38.2 Å². The molecule has 2 atom stereocenters. The molecule has 0 radical (unpaired) electrons. The van der Waals surface area contributed by atoms with Gasteiger partial charge in [-0.25, -0.2) is 4.79 Å². The number of hydrogen-bond donors (Lipinski definition) is 1. The number of carbonyl (C=O) groups excluding carboxylic acids is 2. The maximum Gasteiger partial charge on any atom is 0.362 e. The lowest BCUT2D eigenvalue weighted by Crippen LogP contribution is -2.50. The lowest BCUT2D eigenvalue weighted by atomic mass is 10.0. The number of hydrogen-bond acceptors (Lipinski definition) is 6. The summed E-state index contributed by atoms with van der Waals surface area (Å²) in [5, 5.41) is 9.64. The topological polar surface area (TPSA) is 99.1 Å². The van der Waals surface area contributed by atoms with Crippen molar-refractivity contribution in [2.24, 2.45) is 0 Å². The molecule has 0 aromatic rings. The summed E-state index contributed by atoms with van der Waals surface area (Å²) in [4.78, 5) is 37.1. The van der Waals surface area contributed by atoms with Crippen LogP contribution in [0.2, 0.25) is 0 Å². The van der Waals surface area contributed by atoms with Crippen molar-refractivity contribution in [1.29, 1.82) is 0 Å². The van der Waals surface area contributed by atoms with Crippen molar-refractivity contribution in [2.75, 3.05) is 41.0 Å². The molecule has 0 aliphatic heterocycles. The Bertz CT molecular complexity index is 1000. The highest BCUT2D eigenvalue weighted by atomic mass is 16.6. The number of carbonyl (C=O) groups is 3. The predicted octanol–water partition coefficient (Wildman–Crippen LogP) is 13.6. The fraction of sp³-hybridized carbons (Fsp3) is 0.860. The second kappa shape index (κ2) is 41.5. The van der Waals surface area contributed by atoms with E-state index in [1.165, 1.54) is 148 Å². The molecule has 0 aromatic heterocycles. The first kappa shape index (κ1) is 55.8. The van der Waals surface area contributed by atoms with E-state index in [2.05, 4.69) is 38.2 Å². The van der Waals surface area contributed by atoms with Gasteiger partial charge in [0.05, 0.1) is 34.4 Å². The Kier molecular flexibility index (Phi) is 40.0. The number of esters is 2. The molecule has 0 aliphatic carbocycles. The Morgan fingerprint density at radius 2 is 0.897 bits per heavy atom. The van der Waals surface area contributed by atoms with Gasteiger partial charge >= 0.3 is 17.9 Å². The van der Waals surface area contributed by atoms with Gasteiger partial charge in [-0.1, -0.05) is 192 Å². The van der Waals surface area contributed by atoms with E-state index in [-0.39, 0.29) is 36.2 Å². The molecule has 0 saturated heterocycles. The van der Waals surface area contributed by atoms with Crippen LogP contribution >= 0.6 is 0 Å². The molecule has 8 nitrogen and oxygen atoms in total. The number of carboxylic acid groups (broad SMARTS) is 1. The summed E-state index contributed by atoms with van der Waals surface area (Å²) >= 11 is 0. The molecular formula is C50H94NO7+. The third-order valence-corrected chi connectivity index (χ3v) is 11.1. The number of likely N-dealkylation sites (N-methyl/N-ethyl adjacent to an activating group) is 1. The number of aliphatic carboxylic acids is 1. The SMILES string of the molecule is CCCCC/C=C/C=C/CCCCCCCCC(=O)OCC(COCCC(C(=O)O)[N+](C)(C)C)OC(=O)CCCCCCCCCCCCCCCCCCCCC. The third-order valence-electron chi connectivity index (χ3n) is 11.1. The van der Waals surface area contributed by atoms with Crippen LogP contribution in [0.1, 0.15) is 226 Å². The first-order valence-corrected chi connectivity index (χ1v) is 24.4. The van der Waals surface area contributed by atoms with Gasteiger partial charge in [-0.2, -0.15) is 0 Å². The molecule has 0 spiro atoms. The maximum absolute atomic E-state index is 12.8. The molecule has 0 amide bonds. The minimum absolute atomic E-state index is 0.0527. The van der Waals surface area contributed by atoms with Crippen molar-refractivity contribution in [2.45, 2.75) is 238 Å². The first-order valence-electron chi connectivity index (χ1n) is 24.4. The Morgan fingerprint density at radius 3 is 1.33 bits per heavy atom. The van der Waals surface area contributed by atoms with Crippen LogP contribution in [-0.2, 0) is 28.6 Å². The molecular weight excluding hydrogens is 727 g/mol. The van der Waals surface area contributed by atoms with Gasteiger partial charge in [-0.15, -0.1) is 0 Å². The summed E-state index contributed by atoms with van der Waals surface area (Å²) in [5.74, 6) is -1.47. The highest BCUT2D eigenvalue weighted by Crippen LogP contribution is 2.16. The van der Waals surface area contributed by atoms with Gasteiger partial charge in [0.1, 0.15) is 6.61 Å². The highest BCUT2D eigenvalue weighted by Gasteiger charge is 2.31. The average molecular weight is 821 g/mol. The monoisotopic (exact) mass is 821 g/mol. The zero-order valence-electron chi connectivity index (χ0n) is 38.8. The van der Waals surface area contributed by atoms with Crippen LogP contribution in [0.3, 0.4) is 0 Å². The smallest absolute Gasteiger partial charge is 0.362 e. The highest BCUT2D eigenvalue weighted by molar-refractivity contribution is 5.72. The van der Waals surface area contributed by atoms with Crippen molar-refractivity contribution in [3.63, 3.8) is 0 Å². The Labute approximate surface area is 358 Å². The van der Waals surface area contributed by atoms with E-state index in [0.29, 0.717) is 19.3 Å². The summed E-state index contributed by atoms with van der Waals surface area (Å²) in [6.07, 6.45) is 46.5. The average Bonchev–Trinajstić information content (AvgIpc) is 3.18. The lowest BCUT2D eigenvalue weighted by Gasteiger charge is -2.31. The summed E-state index contributed by atoms with van der Waals surface area (Å²) in [6, 6.07) is -0.614. The van der Waals surface area contributed by atoms with E-state index in [9.17, 15) is 19.5 Å². The summed E-state index contributed by atoms with van der Waals surface area (Å²) in [5.41, 5.74) is 0. The Morgan fingerprint density at radius 1 is 0.517 bits per heavy atom. The molecule has 0 saturated carbocycles. The fourth-order valence-electron chi connectivity index (χ4n) is 7.32. The zero-order chi connectivity index (χ0) is 42.8. The predicted molar refractivity (Wildman–Crippen MR) is 243 cm³/mol. The largest absolute Gasteiger partial charge is 0.477 e. The van der Waals surface area contributed by atoms with E-state index in [1.807, 2.05) is 21.1 Å². The number of unbranched alkanes of at least 4 members (excludes halogenated alkanes) is 27. The molecule has 8 heteroatoms. The quantitative estimate of drug-likeness (QED) is 0.0283. The molecule has 340 valence electrons. The van der Waals surface area contributed by atoms with Crippen molar-refractivity contribution in [3.05, 3.63) is 24.3 Å². The third kappa shape index (κ3) is 39.3. The summed E-state index contributed by atoms with van der Waals surface area (Å²) in [7, 11) is 5.53. The van der Waals surface area contributed by atoms with Crippen LogP contribution in [-0.4, -0.2) is 80.6 Å². The first-order chi connectivity index (χ1) is 28.1. The van der Waals surface area contributed by atoms with Crippen molar-refractivity contribution in [1.82, 2.24) is 0 Å². The number of rotatable bonds is 44. The molecule has 0 fully saturated rings. The molecule has 0 aromatic carbocycles. The van der Waals surface area contributed by atoms with Gasteiger partial charge in [0.2, 0.25) is 0 Å². The van der Waals surface area contributed by atoms with Gasteiger partial charge in [-0.05, 0) is 38.5 Å². The van der Waals surface area contributed by atoms with Crippen LogP contribution in [0.15, 0.2) is 24.3 Å². The zero-order valence-corrected chi connectivity index (χ0v) is 38.8. The number of quaternary nitrogens is 1. The summed E-state index contributed by atoms with van der Waals surface area (Å²) in [6.45, 7) is 4.73. The molecule has 0 aliphatic rings.